The van der Waals surface area contributed by atoms with Crippen LogP contribution in [0.25, 0.3) is 10.9 Å². The maximum absolute atomic E-state index is 11.7. The summed E-state index contributed by atoms with van der Waals surface area (Å²) in [6.45, 7) is 3.30. The van der Waals surface area contributed by atoms with Crippen molar-refractivity contribution in [3.8, 4) is 0 Å². The maximum atomic E-state index is 11.7. The van der Waals surface area contributed by atoms with Crippen LogP contribution in [0.5, 0.6) is 0 Å². The van der Waals surface area contributed by atoms with Crippen LogP contribution >= 0.6 is 11.6 Å². The molecule has 0 saturated heterocycles. The van der Waals surface area contributed by atoms with E-state index < -0.39 is 12.1 Å². The van der Waals surface area contributed by atoms with Crippen LogP contribution in [0, 0.1) is 5.92 Å². The van der Waals surface area contributed by atoms with E-state index in [4.69, 9.17) is 11.6 Å². The number of aromatic nitrogens is 1. The van der Waals surface area contributed by atoms with E-state index in [0.29, 0.717) is 23.2 Å². The van der Waals surface area contributed by atoms with Gasteiger partial charge in [0.15, 0.2) is 0 Å². The molecule has 1 heterocycles. The zero-order valence-electron chi connectivity index (χ0n) is 17.0. The molecule has 4 rings (SSSR count). The molecule has 1 aliphatic carbocycles. The lowest BCUT2D eigenvalue weighted by Crippen LogP contribution is -2.32. The zero-order valence-corrected chi connectivity index (χ0v) is 17.8. The van der Waals surface area contributed by atoms with Crippen molar-refractivity contribution in [2.75, 3.05) is 6.54 Å². The van der Waals surface area contributed by atoms with E-state index in [1.807, 2.05) is 22.8 Å². The number of carbonyl (C=O) groups is 1. The number of aliphatic hydroxyl groups excluding tert-OH is 1. The smallest absolute Gasteiger partial charge is 0.352 e. The minimum Gasteiger partial charge on any atom is -0.477 e. The molecule has 2 aromatic carbocycles. The number of hydrogen-bond donors (Lipinski definition) is 3. The standard InChI is InChI=1S/C24H27ClN2O3/c1-15(26-13-23(28)18-3-2-4-20(25)11-18)9-17-7-8-21-19(10-17)12-22(24(29)30)27(21)14-16-5-6-16/h2-4,7-8,10-12,15-16,23,26,28H,5-6,9,13-14H2,1H3,(H,29,30)/t15-,23-/m1/s1. The molecule has 0 aliphatic heterocycles. The molecule has 0 radical (unpaired) electrons. The summed E-state index contributed by atoms with van der Waals surface area (Å²) in [7, 11) is 0. The van der Waals surface area contributed by atoms with Crippen LogP contribution in [-0.4, -0.2) is 33.3 Å². The topological polar surface area (TPSA) is 74.5 Å². The van der Waals surface area contributed by atoms with Gasteiger partial charge in [-0.2, -0.15) is 0 Å². The Labute approximate surface area is 181 Å². The van der Waals surface area contributed by atoms with Crippen LogP contribution in [-0.2, 0) is 13.0 Å². The Hall–Kier alpha value is -2.34. The third kappa shape index (κ3) is 4.86. The van der Waals surface area contributed by atoms with Crippen LogP contribution in [0.2, 0.25) is 5.02 Å². The fourth-order valence-electron chi connectivity index (χ4n) is 3.95. The number of benzene rings is 2. The van der Waals surface area contributed by atoms with Crippen molar-refractivity contribution >= 4 is 28.5 Å². The van der Waals surface area contributed by atoms with Gasteiger partial charge in [-0.15, -0.1) is 0 Å². The van der Waals surface area contributed by atoms with Gasteiger partial charge in [-0.3, -0.25) is 0 Å². The number of nitrogens with zero attached hydrogens (tertiary/aromatic N) is 1. The Morgan fingerprint density at radius 3 is 2.73 bits per heavy atom. The van der Waals surface area contributed by atoms with Crippen molar-refractivity contribution in [1.29, 1.82) is 0 Å². The first-order chi connectivity index (χ1) is 14.4. The van der Waals surface area contributed by atoms with Crippen molar-refractivity contribution in [3.63, 3.8) is 0 Å². The molecular weight excluding hydrogens is 400 g/mol. The van der Waals surface area contributed by atoms with Crippen molar-refractivity contribution < 1.29 is 15.0 Å². The molecule has 0 unspecified atom stereocenters. The minimum atomic E-state index is -0.876. The quantitative estimate of drug-likeness (QED) is 0.465. The Morgan fingerprint density at radius 1 is 1.23 bits per heavy atom. The lowest BCUT2D eigenvalue weighted by atomic mass is 10.0. The van der Waals surface area contributed by atoms with Crippen molar-refractivity contribution in [2.24, 2.45) is 5.92 Å². The number of carboxylic acids is 1. The highest BCUT2D eigenvalue weighted by Crippen LogP contribution is 2.33. The summed E-state index contributed by atoms with van der Waals surface area (Å²) in [5.74, 6) is -0.271. The van der Waals surface area contributed by atoms with Gasteiger partial charge in [-0.05, 0) is 73.6 Å². The molecule has 30 heavy (non-hydrogen) atoms. The van der Waals surface area contributed by atoms with E-state index in [0.717, 1.165) is 35.0 Å². The van der Waals surface area contributed by atoms with Gasteiger partial charge in [0.2, 0.25) is 0 Å². The van der Waals surface area contributed by atoms with Gasteiger partial charge in [-0.1, -0.05) is 29.8 Å². The maximum Gasteiger partial charge on any atom is 0.352 e. The fourth-order valence-corrected chi connectivity index (χ4v) is 4.15. The SMILES string of the molecule is C[C@H](Cc1ccc2c(c1)cc(C(=O)O)n2CC1CC1)NC[C@@H](O)c1cccc(Cl)c1. The first-order valence-corrected chi connectivity index (χ1v) is 10.8. The second-order valence-corrected chi connectivity index (χ2v) is 8.80. The summed E-state index contributed by atoms with van der Waals surface area (Å²) >= 11 is 6.00. The molecule has 1 fully saturated rings. The van der Waals surface area contributed by atoms with E-state index >= 15 is 0 Å². The Morgan fingerprint density at radius 2 is 2.03 bits per heavy atom. The minimum absolute atomic E-state index is 0.156. The summed E-state index contributed by atoms with van der Waals surface area (Å²) < 4.78 is 1.95. The number of aromatic carboxylic acids is 1. The fraction of sp³-hybridized carbons (Fsp3) is 0.375. The third-order valence-corrected chi connectivity index (χ3v) is 5.99. The van der Waals surface area contributed by atoms with Gasteiger partial charge in [0.25, 0.3) is 0 Å². The molecule has 3 N–H and O–H groups in total. The van der Waals surface area contributed by atoms with E-state index in [9.17, 15) is 15.0 Å². The van der Waals surface area contributed by atoms with E-state index in [1.165, 1.54) is 12.8 Å². The monoisotopic (exact) mass is 426 g/mol. The van der Waals surface area contributed by atoms with Crippen LogP contribution in [0.15, 0.2) is 48.5 Å². The number of fused-ring (bicyclic) bond motifs is 1. The zero-order chi connectivity index (χ0) is 21.3. The molecule has 0 spiro atoms. The molecule has 1 aliphatic rings. The first kappa shape index (κ1) is 20.9. The van der Waals surface area contributed by atoms with E-state index in [-0.39, 0.29) is 6.04 Å². The molecule has 0 bridgehead atoms. The third-order valence-electron chi connectivity index (χ3n) is 5.76. The summed E-state index contributed by atoms with van der Waals surface area (Å²) in [4.78, 5) is 11.7. The second-order valence-electron chi connectivity index (χ2n) is 8.37. The van der Waals surface area contributed by atoms with Gasteiger partial charge in [0.1, 0.15) is 5.69 Å². The van der Waals surface area contributed by atoms with Crippen molar-refractivity contribution in [1.82, 2.24) is 9.88 Å². The summed E-state index contributed by atoms with van der Waals surface area (Å²) in [6.07, 6.45) is 2.53. The summed E-state index contributed by atoms with van der Waals surface area (Å²) in [6, 6.07) is 15.4. The van der Waals surface area contributed by atoms with Crippen molar-refractivity contribution in [2.45, 2.75) is 44.9 Å². The molecule has 2 atom stereocenters. The van der Waals surface area contributed by atoms with Crippen LogP contribution in [0.3, 0.4) is 0 Å². The van der Waals surface area contributed by atoms with Crippen LogP contribution in [0.1, 0.15) is 47.5 Å². The normalized spacial score (nSPS) is 16.0. The predicted octanol–water partition coefficient (Wildman–Crippen LogP) is 4.66. The largest absolute Gasteiger partial charge is 0.477 e. The molecule has 3 aromatic rings. The van der Waals surface area contributed by atoms with Gasteiger partial charge in [0, 0.05) is 35.1 Å². The second kappa shape index (κ2) is 8.80. The highest BCUT2D eigenvalue weighted by Gasteiger charge is 2.25. The number of aliphatic hydroxyl groups is 1. The van der Waals surface area contributed by atoms with Gasteiger partial charge < -0.3 is 20.1 Å². The number of halogens is 1. The highest BCUT2D eigenvalue weighted by molar-refractivity contribution is 6.30. The summed E-state index contributed by atoms with van der Waals surface area (Å²) in [5.41, 5.74) is 3.28. The van der Waals surface area contributed by atoms with Gasteiger partial charge >= 0.3 is 5.97 Å². The molecule has 5 nitrogen and oxygen atoms in total. The molecule has 1 saturated carbocycles. The van der Waals surface area contributed by atoms with Gasteiger partial charge in [0.05, 0.1) is 6.10 Å². The molecular formula is C24H27ClN2O3. The van der Waals surface area contributed by atoms with E-state index in [1.54, 1.807) is 18.2 Å². The molecule has 1 aromatic heterocycles. The predicted molar refractivity (Wildman–Crippen MR) is 119 cm³/mol. The average Bonchev–Trinajstić information content (AvgIpc) is 3.46. The van der Waals surface area contributed by atoms with Crippen molar-refractivity contribution in [3.05, 3.63) is 70.4 Å². The Bertz CT molecular complexity index is 1060. The van der Waals surface area contributed by atoms with E-state index in [2.05, 4.69) is 24.4 Å². The lowest BCUT2D eigenvalue weighted by molar-refractivity contribution is 0.0685. The first-order valence-electron chi connectivity index (χ1n) is 10.4. The number of nitrogens with one attached hydrogen (secondary N) is 1. The molecule has 158 valence electrons. The lowest BCUT2D eigenvalue weighted by Gasteiger charge is -2.18. The highest BCUT2D eigenvalue weighted by atomic mass is 35.5. The average molecular weight is 427 g/mol. The number of rotatable bonds is 9. The molecule has 6 heteroatoms. The number of carboxylic acid groups (broad SMARTS) is 1. The van der Waals surface area contributed by atoms with Crippen LogP contribution < -0.4 is 5.32 Å². The Kier molecular flexibility index (Phi) is 6.14. The number of hydrogen-bond acceptors (Lipinski definition) is 3. The van der Waals surface area contributed by atoms with Gasteiger partial charge in [-0.25, -0.2) is 4.79 Å². The summed E-state index contributed by atoms with van der Waals surface area (Å²) in [5, 5.41) is 24.9. The van der Waals surface area contributed by atoms with Crippen LogP contribution in [0.4, 0.5) is 0 Å². The molecule has 0 amide bonds. The Balaban J connectivity index is 1.42.